The second-order valence-electron chi connectivity index (χ2n) is 5.50. The maximum absolute atomic E-state index is 12.5. The molecule has 0 bridgehead atoms. The fourth-order valence-electron chi connectivity index (χ4n) is 2.73. The molecule has 1 fully saturated rings. The van der Waals surface area contributed by atoms with Crippen LogP contribution in [0, 0.1) is 0 Å². The van der Waals surface area contributed by atoms with E-state index >= 15 is 0 Å². The first-order chi connectivity index (χ1) is 10.3. The summed E-state index contributed by atoms with van der Waals surface area (Å²) < 4.78 is 5.11. The average molecular weight is 304 g/mol. The summed E-state index contributed by atoms with van der Waals surface area (Å²) in [5.74, 6) is 0. The van der Waals surface area contributed by atoms with Gasteiger partial charge >= 0.3 is 6.03 Å². The van der Waals surface area contributed by atoms with E-state index in [0.717, 1.165) is 18.4 Å². The summed E-state index contributed by atoms with van der Waals surface area (Å²) in [6, 6.07) is 6.36. The number of hydrogen-bond donors (Lipinski definition) is 1. The molecule has 1 aliphatic rings. The van der Waals surface area contributed by atoms with Crippen LogP contribution in [0.1, 0.15) is 36.1 Å². The molecule has 2 heterocycles. The smallest absolute Gasteiger partial charge is 0.318 e. The molecule has 0 aliphatic heterocycles. The van der Waals surface area contributed by atoms with E-state index in [0.29, 0.717) is 19.1 Å². The molecular weight excluding hydrogens is 284 g/mol. The predicted octanol–water partition coefficient (Wildman–Crippen LogP) is 4.00. The van der Waals surface area contributed by atoms with Gasteiger partial charge in [0.15, 0.2) is 0 Å². The molecular formula is C16H20N2O2S. The van der Waals surface area contributed by atoms with Crippen molar-refractivity contribution in [3.63, 3.8) is 0 Å². The van der Waals surface area contributed by atoms with Gasteiger partial charge < -0.3 is 14.6 Å². The van der Waals surface area contributed by atoms with Crippen molar-refractivity contribution in [1.82, 2.24) is 10.2 Å². The van der Waals surface area contributed by atoms with Crippen LogP contribution in [0.2, 0.25) is 0 Å². The van der Waals surface area contributed by atoms with Crippen molar-refractivity contribution in [2.24, 2.45) is 0 Å². The average Bonchev–Trinajstić information content (AvgIpc) is 3.21. The zero-order valence-electron chi connectivity index (χ0n) is 12.0. The third-order valence-electron chi connectivity index (χ3n) is 3.85. The fraction of sp³-hybridized carbons (Fsp3) is 0.438. The van der Waals surface area contributed by atoms with Crippen LogP contribution in [0.5, 0.6) is 0 Å². The van der Waals surface area contributed by atoms with Crippen LogP contribution in [0.3, 0.4) is 0 Å². The number of thiophene rings is 1. The lowest BCUT2D eigenvalue weighted by Gasteiger charge is -2.24. The molecule has 2 aromatic rings. The first-order valence-electron chi connectivity index (χ1n) is 7.40. The first-order valence-corrected chi connectivity index (χ1v) is 8.28. The van der Waals surface area contributed by atoms with E-state index in [-0.39, 0.29) is 6.03 Å². The van der Waals surface area contributed by atoms with Gasteiger partial charge in [0.25, 0.3) is 0 Å². The predicted molar refractivity (Wildman–Crippen MR) is 83.1 cm³/mol. The number of carbonyl (C=O) groups is 1. The Kier molecular flexibility index (Phi) is 4.60. The minimum Gasteiger partial charge on any atom is -0.472 e. The Morgan fingerprint density at radius 1 is 1.33 bits per heavy atom. The Balaban J connectivity index is 1.66. The number of nitrogens with one attached hydrogen (secondary N) is 1. The molecule has 3 rings (SSSR count). The molecule has 0 spiro atoms. The van der Waals surface area contributed by atoms with Crippen LogP contribution in [0.4, 0.5) is 4.79 Å². The van der Waals surface area contributed by atoms with Crippen LogP contribution in [0.25, 0.3) is 0 Å². The van der Waals surface area contributed by atoms with Gasteiger partial charge in [-0.3, -0.25) is 0 Å². The second-order valence-corrected chi connectivity index (χ2v) is 6.53. The lowest BCUT2D eigenvalue weighted by Crippen LogP contribution is -2.43. The number of furan rings is 1. The van der Waals surface area contributed by atoms with Gasteiger partial charge in [0.2, 0.25) is 0 Å². The molecule has 0 saturated heterocycles. The third-order valence-corrected chi connectivity index (χ3v) is 4.71. The van der Waals surface area contributed by atoms with Gasteiger partial charge in [-0.1, -0.05) is 18.9 Å². The molecule has 2 amide bonds. The van der Waals surface area contributed by atoms with Gasteiger partial charge in [0.1, 0.15) is 0 Å². The van der Waals surface area contributed by atoms with Gasteiger partial charge in [0.05, 0.1) is 25.6 Å². The van der Waals surface area contributed by atoms with Crippen molar-refractivity contribution in [3.8, 4) is 0 Å². The molecule has 1 N–H and O–H groups in total. The van der Waals surface area contributed by atoms with Crippen molar-refractivity contribution >= 4 is 17.4 Å². The highest BCUT2D eigenvalue weighted by Crippen LogP contribution is 2.19. The summed E-state index contributed by atoms with van der Waals surface area (Å²) in [5.41, 5.74) is 1.02. The largest absolute Gasteiger partial charge is 0.472 e. The zero-order valence-corrected chi connectivity index (χ0v) is 12.8. The van der Waals surface area contributed by atoms with Crippen LogP contribution in [0.15, 0.2) is 40.5 Å². The number of rotatable bonds is 5. The summed E-state index contributed by atoms with van der Waals surface area (Å²) in [5, 5.41) is 5.21. The number of carbonyl (C=O) groups excluding carboxylic acids is 1. The topological polar surface area (TPSA) is 45.5 Å². The van der Waals surface area contributed by atoms with Crippen LogP contribution in [-0.4, -0.2) is 17.0 Å². The lowest BCUT2D eigenvalue weighted by atomic mass is 10.2. The van der Waals surface area contributed by atoms with Crippen LogP contribution in [-0.2, 0) is 13.1 Å². The number of amides is 2. The summed E-state index contributed by atoms with van der Waals surface area (Å²) in [4.78, 5) is 15.6. The van der Waals surface area contributed by atoms with Crippen molar-refractivity contribution in [3.05, 3.63) is 46.5 Å². The minimum atomic E-state index is 0.0245. The van der Waals surface area contributed by atoms with Crippen LogP contribution < -0.4 is 5.32 Å². The van der Waals surface area contributed by atoms with Gasteiger partial charge in [-0.15, -0.1) is 11.3 Å². The maximum atomic E-state index is 12.5. The maximum Gasteiger partial charge on any atom is 0.318 e. The molecule has 0 atom stereocenters. The summed E-state index contributed by atoms with van der Waals surface area (Å²) in [7, 11) is 0. The van der Waals surface area contributed by atoms with Crippen molar-refractivity contribution in [2.45, 2.75) is 44.8 Å². The molecule has 5 heteroatoms. The number of hydrogen-bond acceptors (Lipinski definition) is 3. The molecule has 21 heavy (non-hydrogen) atoms. The Labute approximate surface area is 128 Å². The van der Waals surface area contributed by atoms with Crippen molar-refractivity contribution in [1.29, 1.82) is 0 Å². The van der Waals surface area contributed by atoms with Gasteiger partial charge in [-0.2, -0.15) is 0 Å². The second kappa shape index (κ2) is 6.80. The normalized spacial score (nSPS) is 15.2. The van der Waals surface area contributed by atoms with Crippen molar-refractivity contribution in [2.75, 3.05) is 0 Å². The third kappa shape index (κ3) is 3.88. The molecule has 0 radical (unpaired) electrons. The highest BCUT2D eigenvalue weighted by molar-refractivity contribution is 7.09. The van der Waals surface area contributed by atoms with E-state index in [1.165, 1.54) is 17.7 Å². The Morgan fingerprint density at radius 3 is 2.86 bits per heavy atom. The standard InChI is InChI=1S/C16H20N2O2S/c19-16(17-14-4-1-2-5-14)18(10-13-7-8-20-12-13)11-15-6-3-9-21-15/h3,6-9,12,14H,1-2,4-5,10-11H2,(H,17,19). The Morgan fingerprint density at radius 2 is 2.19 bits per heavy atom. The van der Waals surface area contributed by atoms with Crippen molar-refractivity contribution < 1.29 is 9.21 Å². The molecule has 2 aromatic heterocycles. The summed E-state index contributed by atoms with van der Waals surface area (Å²) >= 11 is 1.68. The quantitative estimate of drug-likeness (QED) is 0.907. The molecule has 1 saturated carbocycles. The Bertz CT molecular complexity index is 509. The number of nitrogens with zero attached hydrogens (tertiary/aromatic N) is 1. The molecule has 112 valence electrons. The molecule has 0 unspecified atom stereocenters. The van der Waals surface area contributed by atoms with E-state index in [9.17, 15) is 4.79 Å². The van der Waals surface area contributed by atoms with E-state index in [1.807, 2.05) is 22.4 Å². The van der Waals surface area contributed by atoms with E-state index in [2.05, 4.69) is 11.4 Å². The highest BCUT2D eigenvalue weighted by Gasteiger charge is 2.21. The van der Waals surface area contributed by atoms with Gasteiger partial charge in [-0.25, -0.2) is 4.79 Å². The Hall–Kier alpha value is -1.75. The monoisotopic (exact) mass is 304 g/mol. The van der Waals surface area contributed by atoms with Gasteiger partial charge in [-0.05, 0) is 30.4 Å². The highest BCUT2D eigenvalue weighted by atomic mass is 32.1. The lowest BCUT2D eigenvalue weighted by molar-refractivity contribution is 0.188. The SMILES string of the molecule is O=C(NC1CCCC1)N(Cc1ccoc1)Cc1cccs1. The number of urea groups is 1. The van der Waals surface area contributed by atoms with E-state index in [4.69, 9.17) is 4.42 Å². The first kappa shape index (κ1) is 14.2. The van der Waals surface area contributed by atoms with Crippen LogP contribution >= 0.6 is 11.3 Å². The summed E-state index contributed by atoms with van der Waals surface area (Å²) in [6.45, 7) is 1.22. The van der Waals surface area contributed by atoms with Gasteiger partial charge in [0, 0.05) is 16.5 Å². The molecule has 0 aromatic carbocycles. The summed E-state index contributed by atoms with van der Waals surface area (Å²) in [6.07, 6.45) is 7.99. The molecule has 1 aliphatic carbocycles. The molecule has 4 nitrogen and oxygen atoms in total. The minimum absolute atomic E-state index is 0.0245. The van der Waals surface area contributed by atoms with E-state index < -0.39 is 0 Å². The zero-order chi connectivity index (χ0) is 14.5. The fourth-order valence-corrected chi connectivity index (χ4v) is 3.45. The van der Waals surface area contributed by atoms with E-state index in [1.54, 1.807) is 23.9 Å².